The van der Waals surface area contributed by atoms with Crippen LogP contribution in [0.3, 0.4) is 0 Å². The second kappa shape index (κ2) is 5.56. The summed E-state index contributed by atoms with van der Waals surface area (Å²) in [6.45, 7) is -0.361. The molecular weight excluding hydrogens is 254 g/mol. The lowest BCUT2D eigenvalue weighted by Crippen LogP contribution is -2.21. The first kappa shape index (κ1) is 13.3. The average Bonchev–Trinajstić information content (AvgIpc) is 2.26. The number of anilines is 1. The summed E-state index contributed by atoms with van der Waals surface area (Å²) in [5.74, 6) is 1.03. The normalized spacial score (nSPS) is 10.8. The first-order valence-corrected chi connectivity index (χ1v) is 5.86. The van der Waals surface area contributed by atoms with Gasteiger partial charge in [-0.25, -0.2) is 13.4 Å². The van der Waals surface area contributed by atoms with Gasteiger partial charge in [0.1, 0.15) is 12.4 Å². The number of pyridine rings is 1. The minimum atomic E-state index is -4.73. The van der Waals surface area contributed by atoms with Crippen molar-refractivity contribution in [2.75, 3.05) is 11.3 Å². The van der Waals surface area contributed by atoms with Crippen LogP contribution in [0.5, 0.6) is 0 Å². The second-order valence-electron chi connectivity index (χ2n) is 2.80. The third-order valence-electron chi connectivity index (χ3n) is 1.55. The Balaban J connectivity index is 2.94. The molecular formula is C9H8F2N2O3S. The topological polar surface area (TPSA) is 79.3 Å². The molecule has 17 heavy (non-hydrogen) atoms. The van der Waals surface area contributed by atoms with E-state index in [4.69, 9.17) is 5.11 Å². The third-order valence-corrected chi connectivity index (χ3v) is 2.52. The highest BCUT2D eigenvalue weighted by atomic mass is 32.2. The van der Waals surface area contributed by atoms with E-state index < -0.39 is 15.8 Å². The quantitative estimate of drug-likeness (QED) is 0.772. The van der Waals surface area contributed by atoms with Crippen molar-refractivity contribution in [2.45, 2.75) is 5.76 Å². The molecule has 8 heteroatoms. The summed E-state index contributed by atoms with van der Waals surface area (Å²) in [6, 6.07) is 2.63. The summed E-state index contributed by atoms with van der Waals surface area (Å²) in [7, 11) is -4.73. The van der Waals surface area contributed by atoms with E-state index in [1.165, 1.54) is 18.3 Å². The molecule has 1 aromatic rings. The van der Waals surface area contributed by atoms with Gasteiger partial charge in [-0.3, -0.25) is 4.72 Å². The van der Waals surface area contributed by atoms with Gasteiger partial charge in [0.05, 0.1) is 0 Å². The zero-order valence-corrected chi connectivity index (χ0v) is 9.21. The predicted molar refractivity (Wildman–Crippen MR) is 56.7 cm³/mol. The Labute approximate surface area is 96.5 Å². The predicted octanol–water partition coefficient (Wildman–Crippen LogP) is 0.390. The molecule has 0 bridgehead atoms. The zero-order chi connectivity index (χ0) is 12.9. The maximum Gasteiger partial charge on any atom is 0.355 e. The molecule has 0 unspecified atom stereocenters. The summed E-state index contributed by atoms with van der Waals surface area (Å²) in [5, 5.41) is 8.46. The van der Waals surface area contributed by atoms with E-state index in [0.29, 0.717) is 5.56 Å². The van der Waals surface area contributed by atoms with Crippen molar-refractivity contribution in [2.24, 2.45) is 0 Å². The molecule has 0 aromatic carbocycles. The van der Waals surface area contributed by atoms with Crippen molar-refractivity contribution < 1.29 is 22.3 Å². The molecule has 0 spiro atoms. The Kier molecular flexibility index (Phi) is 4.37. The van der Waals surface area contributed by atoms with Gasteiger partial charge in [-0.2, -0.15) is 8.78 Å². The van der Waals surface area contributed by atoms with Crippen molar-refractivity contribution >= 4 is 15.8 Å². The fourth-order valence-electron chi connectivity index (χ4n) is 0.896. The van der Waals surface area contributed by atoms with E-state index in [-0.39, 0.29) is 12.4 Å². The van der Waals surface area contributed by atoms with E-state index in [2.05, 4.69) is 16.8 Å². The van der Waals surface area contributed by atoms with Gasteiger partial charge < -0.3 is 5.11 Å². The van der Waals surface area contributed by atoms with Gasteiger partial charge in [0.25, 0.3) is 10.0 Å². The van der Waals surface area contributed by atoms with Crippen molar-refractivity contribution in [3.63, 3.8) is 0 Å². The standard InChI is InChI=1S/C9H8F2N2O3S/c10-9(11)17(15,16)13-8-6-7(2-1-5-14)3-4-12-8/h3-4,6,9,14H,5H2,(H,12,13). The van der Waals surface area contributed by atoms with Crippen LogP contribution in [0.25, 0.3) is 0 Å². The van der Waals surface area contributed by atoms with E-state index in [1.807, 2.05) is 0 Å². The van der Waals surface area contributed by atoms with Crippen molar-refractivity contribution in [3.05, 3.63) is 23.9 Å². The lowest BCUT2D eigenvalue weighted by molar-refractivity contribution is 0.236. The van der Waals surface area contributed by atoms with Gasteiger partial charge in [0.15, 0.2) is 0 Å². The van der Waals surface area contributed by atoms with Crippen LogP contribution < -0.4 is 4.72 Å². The highest BCUT2D eigenvalue weighted by molar-refractivity contribution is 7.92. The minimum absolute atomic E-state index is 0.255. The first-order chi connectivity index (χ1) is 7.95. The van der Waals surface area contributed by atoms with Crippen LogP contribution in [-0.2, 0) is 10.0 Å². The third kappa shape index (κ3) is 3.97. The Morgan fingerprint density at radius 3 is 2.82 bits per heavy atom. The number of aromatic nitrogens is 1. The molecule has 0 aliphatic carbocycles. The van der Waals surface area contributed by atoms with E-state index in [0.717, 1.165) is 0 Å². The lowest BCUT2D eigenvalue weighted by Gasteiger charge is -2.05. The molecule has 0 saturated carbocycles. The Bertz CT molecular complexity index is 549. The number of nitrogens with zero attached hydrogens (tertiary/aromatic N) is 1. The molecule has 0 radical (unpaired) electrons. The molecule has 0 fully saturated rings. The number of nitrogens with one attached hydrogen (secondary N) is 1. The van der Waals surface area contributed by atoms with E-state index >= 15 is 0 Å². The number of hydrogen-bond donors (Lipinski definition) is 2. The Hall–Kier alpha value is -1.72. The molecule has 0 aliphatic rings. The molecule has 0 saturated heterocycles. The van der Waals surface area contributed by atoms with Crippen molar-refractivity contribution in [1.29, 1.82) is 0 Å². The van der Waals surface area contributed by atoms with Crippen LogP contribution in [0, 0.1) is 11.8 Å². The fourth-order valence-corrected chi connectivity index (χ4v) is 1.39. The van der Waals surface area contributed by atoms with Crippen LogP contribution in [0.1, 0.15) is 5.56 Å². The van der Waals surface area contributed by atoms with Crippen LogP contribution in [0.15, 0.2) is 18.3 Å². The molecule has 0 aliphatic heterocycles. The van der Waals surface area contributed by atoms with Gasteiger partial charge in [-0.1, -0.05) is 11.8 Å². The zero-order valence-electron chi connectivity index (χ0n) is 8.39. The highest BCUT2D eigenvalue weighted by Gasteiger charge is 2.24. The SMILES string of the molecule is O=S(=O)(Nc1cc(C#CCO)ccn1)C(F)F. The molecule has 0 amide bonds. The van der Waals surface area contributed by atoms with Crippen LogP contribution in [-0.4, -0.2) is 30.9 Å². The van der Waals surface area contributed by atoms with Crippen LogP contribution >= 0.6 is 0 Å². The summed E-state index contributed by atoms with van der Waals surface area (Å²) < 4.78 is 47.4. The Morgan fingerprint density at radius 2 is 2.24 bits per heavy atom. The molecule has 1 heterocycles. The summed E-state index contributed by atoms with van der Waals surface area (Å²) in [6.07, 6.45) is 1.21. The van der Waals surface area contributed by atoms with Gasteiger partial charge in [0, 0.05) is 11.8 Å². The molecule has 5 nitrogen and oxygen atoms in total. The van der Waals surface area contributed by atoms with E-state index in [1.54, 1.807) is 4.72 Å². The molecule has 2 N–H and O–H groups in total. The summed E-state index contributed by atoms with van der Waals surface area (Å²) >= 11 is 0. The van der Waals surface area contributed by atoms with Crippen molar-refractivity contribution in [3.8, 4) is 11.8 Å². The largest absolute Gasteiger partial charge is 0.384 e. The number of aliphatic hydroxyl groups excluding tert-OH is 1. The molecule has 92 valence electrons. The average molecular weight is 262 g/mol. The lowest BCUT2D eigenvalue weighted by atomic mass is 10.2. The summed E-state index contributed by atoms with van der Waals surface area (Å²) in [4.78, 5) is 3.56. The molecule has 0 atom stereocenters. The minimum Gasteiger partial charge on any atom is -0.384 e. The van der Waals surface area contributed by atoms with Crippen LogP contribution in [0.2, 0.25) is 0 Å². The van der Waals surface area contributed by atoms with Crippen LogP contribution in [0.4, 0.5) is 14.6 Å². The van der Waals surface area contributed by atoms with Crippen molar-refractivity contribution in [1.82, 2.24) is 4.98 Å². The number of halogens is 2. The number of rotatable bonds is 3. The highest BCUT2D eigenvalue weighted by Crippen LogP contribution is 2.12. The number of alkyl halides is 2. The molecule has 1 rings (SSSR count). The Morgan fingerprint density at radius 1 is 1.53 bits per heavy atom. The number of aliphatic hydroxyl groups is 1. The number of sulfonamides is 1. The van der Waals surface area contributed by atoms with Gasteiger partial charge >= 0.3 is 5.76 Å². The summed E-state index contributed by atoms with van der Waals surface area (Å²) in [5.41, 5.74) is 0.348. The molecule has 1 aromatic heterocycles. The van der Waals surface area contributed by atoms with E-state index in [9.17, 15) is 17.2 Å². The maximum absolute atomic E-state index is 12.1. The smallest absolute Gasteiger partial charge is 0.355 e. The first-order valence-electron chi connectivity index (χ1n) is 4.31. The van der Waals surface area contributed by atoms with Gasteiger partial charge in [-0.15, -0.1) is 0 Å². The second-order valence-corrected chi connectivity index (χ2v) is 4.45. The fraction of sp³-hybridized carbons (Fsp3) is 0.222. The number of hydrogen-bond acceptors (Lipinski definition) is 4. The maximum atomic E-state index is 12.1. The monoisotopic (exact) mass is 262 g/mol. The van der Waals surface area contributed by atoms with Gasteiger partial charge in [-0.05, 0) is 12.1 Å². The van der Waals surface area contributed by atoms with Gasteiger partial charge in [0.2, 0.25) is 0 Å².